The van der Waals surface area contributed by atoms with Gasteiger partial charge < -0.3 is 15.0 Å². The number of amides is 2. The van der Waals surface area contributed by atoms with Crippen LogP contribution in [0.4, 0.5) is 11.4 Å². The molecular formula is C22H24N2O4S. The Morgan fingerprint density at radius 1 is 1.14 bits per heavy atom. The van der Waals surface area contributed by atoms with Gasteiger partial charge >= 0.3 is 5.97 Å². The Kier molecular flexibility index (Phi) is 6.59. The number of anilines is 2. The van der Waals surface area contributed by atoms with E-state index in [2.05, 4.69) is 5.32 Å². The number of thioether (sulfide) groups is 1. The molecule has 0 saturated carbocycles. The van der Waals surface area contributed by atoms with Crippen LogP contribution in [0.2, 0.25) is 0 Å². The molecule has 3 rings (SSSR count). The number of aryl methyl sites for hydroxylation is 2. The summed E-state index contributed by atoms with van der Waals surface area (Å²) in [6.45, 7) is 3.69. The summed E-state index contributed by atoms with van der Waals surface area (Å²) in [6, 6.07) is 13.3. The van der Waals surface area contributed by atoms with Gasteiger partial charge in [0.15, 0.2) is 6.61 Å². The van der Waals surface area contributed by atoms with E-state index in [0.717, 1.165) is 27.4 Å². The number of hydrogen-bond donors (Lipinski definition) is 1. The number of ether oxygens (including phenoxy) is 1. The highest BCUT2D eigenvalue weighted by atomic mass is 32.2. The van der Waals surface area contributed by atoms with Crippen LogP contribution in [-0.4, -0.2) is 37.2 Å². The molecule has 1 fully saturated rings. The highest BCUT2D eigenvalue weighted by Gasteiger charge is 2.36. The number of nitrogens with zero attached hydrogens (tertiary/aromatic N) is 1. The van der Waals surface area contributed by atoms with Gasteiger partial charge in [-0.05, 0) is 55.5 Å². The van der Waals surface area contributed by atoms with Gasteiger partial charge in [-0.2, -0.15) is 0 Å². The molecule has 7 heteroatoms. The van der Waals surface area contributed by atoms with E-state index >= 15 is 0 Å². The molecule has 1 unspecified atom stereocenters. The molecule has 1 aliphatic heterocycles. The third-order valence-electron chi connectivity index (χ3n) is 4.93. The van der Waals surface area contributed by atoms with E-state index in [-0.39, 0.29) is 25.5 Å². The van der Waals surface area contributed by atoms with Crippen LogP contribution in [0, 0.1) is 19.8 Å². The van der Waals surface area contributed by atoms with Gasteiger partial charge in [0.05, 0.1) is 5.92 Å². The number of carbonyl (C=O) groups excluding carboxylic acids is 3. The lowest BCUT2D eigenvalue weighted by Crippen LogP contribution is -2.28. The summed E-state index contributed by atoms with van der Waals surface area (Å²) in [5.41, 5.74) is 3.36. The van der Waals surface area contributed by atoms with E-state index in [1.54, 1.807) is 16.7 Å². The molecule has 0 aliphatic carbocycles. The summed E-state index contributed by atoms with van der Waals surface area (Å²) in [5.74, 6) is -1.62. The number of carbonyl (C=O) groups is 3. The van der Waals surface area contributed by atoms with Crippen molar-refractivity contribution in [3.63, 3.8) is 0 Å². The average Bonchev–Trinajstić information content (AvgIpc) is 3.11. The Morgan fingerprint density at radius 2 is 1.79 bits per heavy atom. The molecule has 2 aromatic rings. The van der Waals surface area contributed by atoms with E-state index in [4.69, 9.17) is 4.74 Å². The van der Waals surface area contributed by atoms with Crippen LogP contribution in [0.5, 0.6) is 0 Å². The van der Waals surface area contributed by atoms with Crippen LogP contribution < -0.4 is 10.2 Å². The van der Waals surface area contributed by atoms with Crippen LogP contribution in [0.15, 0.2) is 47.4 Å². The van der Waals surface area contributed by atoms with Gasteiger partial charge in [-0.25, -0.2) is 0 Å². The van der Waals surface area contributed by atoms with E-state index < -0.39 is 17.8 Å². The third kappa shape index (κ3) is 4.98. The van der Waals surface area contributed by atoms with Gasteiger partial charge in [0, 0.05) is 29.2 Å². The van der Waals surface area contributed by atoms with Gasteiger partial charge in [0.25, 0.3) is 5.91 Å². The smallest absolute Gasteiger partial charge is 0.311 e. The van der Waals surface area contributed by atoms with Crippen LogP contribution >= 0.6 is 11.8 Å². The van der Waals surface area contributed by atoms with Crippen LogP contribution in [0.1, 0.15) is 17.5 Å². The molecule has 0 spiro atoms. The molecule has 0 bridgehead atoms. The minimum atomic E-state index is -0.573. The Labute approximate surface area is 174 Å². The van der Waals surface area contributed by atoms with E-state index in [1.807, 2.05) is 62.6 Å². The number of benzene rings is 2. The fraction of sp³-hybridized carbons (Fsp3) is 0.318. The lowest BCUT2D eigenvalue weighted by atomic mass is 10.1. The Morgan fingerprint density at radius 3 is 2.41 bits per heavy atom. The molecule has 1 N–H and O–H groups in total. The first-order chi connectivity index (χ1) is 13.9. The van der Waals surface area contributed by atoms with E-state index in [9.17, 15) is 14.4 Å². The second kappa shape index (κ2) is 9.13. The highest BCUT2D eigenvalue weighted by Crippen LogP contribution is 2.27. The molecule has 1 aliphatic rings. The number of hydrogen-bond acceptors (Lipinski definition) is 5. The third-order valence-corrected chi connectivity index (χ3v) is 5.68. The summed E-state index contributed by atoms with van der Waals surface area (Å²) in [5, 5.41) is 2.78. The fourth-order valence-corrected chi connectivity index (χ4v) is 3.73. The molecule has 1 saturated heterocycles. The van der Waals surface area contributed by atoms with Crippen molar-refractivity contribution >= 4 is 40.9 Å². The Balaban J connectivity index is 1.54. The fourth-order valence-electron chi connectivity index (χ4n) is 3.32. The van der Waals surface area contributed by atoms with Crippen molar-refractivity contribution in [2.75, 3.05) is 29.6 Å². The van der Waals surface area contributed by atoms with Gasteiger partial charge in [-0.3, -0.25) is 14.4 Å². The maximum absolute atomic E-state index is 12.4. The standard InChI is InChI=1S/C22H24N2O4S/c1-14-5-4-6-15(2)21(14)23-19(25)13-28-22(27)16-11-20(26)24(12-16)17-7-9-18(29-3)10-8-17/h4-10,16H,11-13H2,1-3H3,(H,23,25). The normalized spacial score (nSPS) is 16.0. The topological polar surface area (TPSA) is 75.7 Å². The molecule has 1 heterocycles. The van der Waals surface area contributed by atoms with Gasteiger partial charge in [-0.15, -0.1) is 11.8 Å². The van der Waals surface area contributed by atoms with Crippen molar-refractivity contribution in [3.05, 3.63) is 53.6 Å². The summed E-state index contributed by atoms with van der Waals surface area (Å²) in [6.07, 6.45) is 2.07. The second-order valence-electron chi connectivity index (χ2n) is 7.03. The number of rotatable bonds is 6. The zero-order chi connectivity index (χ0) is 21.0. The lowest BCUT2D eigenvalue weighted by Gasteiger charge is -2.17. The molecule has 29 heavy (non-hydrogen) atoms. The summed E-state index contributed by atoms with van der Waals surface area (Å²) in [7, 11) is 0. The maximum Gasteiger partial charge on any atom is 0.311 e. The quantitative estimate of drug-likeness (QED) is 0.580. The predicted molar refractivity (Wildman–Crippen MR) is 114 cm³/mol. The molecule has 6 nitrogen and oxygen atoms in total. The molecule has 2 amide bonds. The second-order valence-corrected chi connectivity index (χ2v) is 7.91. The monoisotopic (exact) mass is 412 g/mol. The van der Waals surface area contributed by atoms with Crippen LogP contribution in [-0.2, 0) is 19.1 Å². The van der Waals surface area contributed by atoms with Crippen molar-refractivity contribution in [2.45, 2.75) is 25.2 Å². The van der Waals surface area contributed by atoms with E-state index in [0.29, 0.717) is 0 Å². The van der Waals surface area contributed by atoms with Crippen molar-refractivity contribution in [2.24, 2.45) is 5.92 Å². The predicted octanol–water partition coefficient (Wildman–Crippen LogP) is 3.56. The minimum absolute atomic E-state index is 0.0850. The first-order valence-electron chi connectivity index (χ1n) is 9.36. The van der Waals surface area contributed by atoms with Crippen molar-refractivity contribution in [1.29, 1.82) is 0 Å². The van der Waals surface area contributed by atoms with Crippen LogP contribution in [0.3, 0.4) is 0 Å². The first-order valence-corrected chi connectivity index (χ1v) is 10.6. The largest absolute Gasteiger partial charge is 0.455 e. The van der Waals surface area contributed by atoms with Gasteiger partial charge in [0.1, 0.15) is 0 Å². The Bertz CT molecular complexity index is 907. The SMILES string of the molecule is CSc1ccc(N2CC(C(=O)OCC(=O)Nc3c(C)cccc3C)CC2=O)cc1. The summed E-state index contributed by atoms with van der Waals surface area (Å²) < 4.78 is 5.18. The summed E-state index contributed by atoms with van der Waals surface area (Å²) in [4.78, 5) is 39.6. The van der Waals surface area contributed by atoms with Crippen molar-refractivity contribution in [1.82, 2.24) is 0 Å². The summed E-state index contributed by atoms with van der Waals surface area (Å²) >= 11 is 1.62. The highest BCUT2D eigenvalue weighted by molar-refractivity contribution is 7.98. The van der Waals surface area contributed by atoms with Crippen LogP contribution in [0.25, 0.3) is 0 Å². The number of esters is 1. The molecule has 1 atom stereocenters. The van der Waals surface area contributed by atoms with Gasteiger partial charge in [-0.1, -0.05) is 18.2 Å². The van der Waals surface area contributed by atoms with Gasteiger partial charge in [0.2, 0.25) is 5.91 Å². The zero-order valence-electron chi connectivity index (χ0n) is 16.7. The molecule has 2 aromatic carbocycles. The molecule has 0 aromatic heterocycles. The first kappa shape index (κ1) is 20.9. The molecule has 0 radical (unpaired) electrons. The zero-order valence-corrected chi connectivity index (χ0v) is 17.5. The lowest BCUT2D eigenvalue weighted by molar-refractivity contribution is -0.151. The van der Waals surface area contributed by atoms with Crippen molar-refractivity contribution < 1.29 is 19.1 Å². The Hall–Kier alpha value is -2.80. The number of para-hydroxylation sites is 1. The van der Waals surface area contributed by atoms with Crippen molar-refractivity contribution in [3.8, 4) is 0 Å². The molecule has 152 valence electrons. The average molecular weight is 413 g/mol. The molecular weight excluding hydrogens is 388 g/mol. The maximum atomic E-state index is 12.4. The van der Waals surface area contributed by atoms with E-state index in [1.165, 1.54) is 0 Å². The minimum Gasteiger partial charge on any atom is -0.455 e. The number of nitrogens with one attached hydrogen (secondary N) is 1.